The Morgan fingerprint density at radius 2 is 1.75 bits per heavy atom. The van der Waals surface area contributed by atoms with Crippen LogP contribution in [0.4, 0.5) is 0 Å². The van der Waals surface area contributed by atoms with Crippen molar-refractivity contribution in [3.05, 3.63) is 0 Å². The van der Waals surface area contributed by atoms with E-state index in [1.807, 2.05) is 20.8 Å². The third-order valence-corrected chi connectivity index (χ3v) is 4.06. The molecule has 0 aromatic carbocycles. The molecular formula is C8H15O3S+. The summed E-state index contributed by atoms with van der Waals surface area (Å²) in [6.07, 6.45) is 0. The number of carbonyl (C=O) groups excluding carboxylic acids is 1. The van der Waals surface area contributed by atoms with Crippen molar-refractivity contribution >= 4 is 22.0 Å². The molecular weight excluding hydrogens is 176 g/mol. The Morgan fingerprint density at radius 3 is 1.83 bits per heavy atom. The molecule has 0 spiro atoms. The van der Waals surface area contributed by atoms with E-state index < -0.39 is 16.9 Å². The zero-order chi connectivity index (χ0) is 9.94. The van der Waals surface area contributed by atoms with E-state index >= 15 is 0 Å². The molecule has 0 saturated heterocycles. The zero-order valence-corrected chi connectivity index (χ0v) is 8.70. The number of hydrogen-bond acceptors (Lipinski definition) is 2. The quantitative estimate of drug-likeness (QED) is 0.663. The summed E-state index contributed by atoms with van der Waals surface area (Å²) >= 11 is 0. The van der Waals surface area contributed by atoms with Crippen LogP contribution in [0.3, 0.4) is 0 Å². The van der Waals surface area contributed by atoms with Crippen LogP contribution in [0.1, 0.15) is 27.7 Å². The topological polar surface area (TPSA) is 54.4 Å². The van der Waals surface area contributed by atoms with Crippen molar-refractivity contribution in [1.82, 2.24) is 0 Å². The van der Waals surface area contributed by atoms with E-state index in [4.69, 9.17) is 5.11 Å². The van der Waals surface area contributed by atoms with Crippen LogP contribution in [0.15, 0.2) is 0 Å². The van der Waals surface area contributed by atoms with Gasteiger partial charge < -0.3 is 5.11 Å². The first kappa shape index (κ1) is 11.5. The van der Waals surface area contributed by atoms with Gasteiger partial charge >= 0.3 is 11.1 Å². The third-order valence-electron chi connectivity index (χ3n) is 1.35. The molecule has 0 aromatic heterocycles. The number of carboxylic acid groups (broad SMARTS) is 1. The Kier molecular flexibility index (Phi) is 3.77. The molecule has 0 aliphatic rings. The summed E-state index contributed by atoms with van der Waals surface area (Å²) in [5.41, 5.74) is 0. The lowest BCUT2D eigenvalue weighted by Gasteiger charge is -2.16. The fourth-order valence-corrected chi connectivity index (χ4v) is 2.62. The van der Waals surface area contributed by atoms with Crippen LogP contribution in [0.2, 0.25) is 0 Å². The van der Waals surface area contributed by atoms with E-state index in [-0.39, 0.29) is 15.6 Å². The van der Waals surface area contributed by atoms with Crippen LogP contribution in [-0.2, 0) is 20.5 Å². The van der Waals surface area contributed by atoms with Gasteiger partial charge in [0.2, 0.25) is 5.75 Å². The van der Waals surface area contributed by atoms with E-state index in [1.165, 1.54) is 6.92 Å². The average molecular weight is 191 g/mol. The summed E-state index contributed by atoms with van der Waals surface area (Å²) in [7, 11) is -0.662. The lowest BCUT2D eigenvalue weighted by Crippen LogP contribution is -2.38. The second kappa shape index (κ2) is 3.94. The monoisotopic (exact) mass is 191 g/mol. The highest BCUT2D eigenvalue weighted by atomic mass is 32.2. The van der Waals surface area contributed by atoms with Crippen LogP contribution in [0.5, 0.6) is 0 Å². The van der Waals surface area contributed by atoms with Crippen LogP contribution < -0.4 is 0 Å². The van der Waals surface area contributed by atoms with Gasteiger partial charge in [-0.2, -0.15) is 0 Å². The molecule has 70 valence electrons. The van der Waals surface area contributed by atoms with E-state index in [0.29, 0.717) is 0 Å². The molecule has 0 bridgehead atoms. The Hall–Kier alpha value is -0.510. The summed E-state index contributed by atoms with van der Waals surface area (Å²) in [5, 5.41) is 8.53. The molecule has 3 nitrogen and oxygen atoms in total. The Labute approximate surface area is 75.5 Å². The predicted octanol–water partition coefficient (Wildman–Crippen LogP) is 1.03. The summed E-state index contributed by atoms with van der Waals surface area (Å²) in [6, 6.07) is 0. The van der Waals surface area contributed by atoms with E-state index in [1.54, 1.807) is 0 Å². The van der Waals surface area contributed by atoms with Crippen molar-refractivity contribution in [2.75, 3.05) is 5.75 Å². The standard InChI is InChI=1S/C8H14O3S/c1-6(9)12(5-7(10)11)8(2,3)4/h5H2,1-4H3/p+1. The maximum Gasteiger partial charge on any atom is 0.354 e. The Bertz CT molecular complexity index is 193. The van der Waals surface area contributed by atoms with Gasteiger partial charge in [-0.25, -0.2) is 9.59 Å². The van der Waals surface area contributed by atoms with Crippen molar-refractivity contribution in [2.45, 2.75) is 32.4 Å². The number of hydrogen-bond donors (Lipinski definition) is 1. The van der Waals surface area contributed by atoms with Gasteiger partial charge in [0.05, 0.1) is 10.9 Å². The Balaban J connectivity index is 4.46. The number of aliphatic carboxylic acids is 1. The van der Waals surface area contributed by atoms with Crippen molar-refractivity contribution in [2.24, 2.45) is 0 Å². The highest BCUT2D eigenvalue weighted by Gasteiger charge is 2.40. The molecule has 0 amide bonds. The first-order valence-electron chi connectivity index (χ1n) is 3.68. The van der Waals surface area contributed by atoms with E-state index in [0.717, 1.165) is 0 Å². The summed E-state index contributed by atoms with van der Waals surface area (Å²) in [4.78, 5) is 21.5. The SMILES string of the molecule is CC(=O)[S+](CC(=O)O)C(C)(C)C. The number of carbonyl (C=O) groups is 2. The van der Waals surface area contributed by atoms with Crippen LogP contribution in [0, 0.1) is 0 Å². The third kappa shape index (κ3) is 3.76. The molecule has 1 atom stereocenters. The average Bonchev–Trinajstić information content (AvgIpc) is 1.79. The molecule has 0 aliphatic heterocycles. The van der Waals surface area contributed by atoms with Gasteiger partial charge in [-0.05, 0) is 20.8 Å². The number of rotatable bonds is 2. The van der Waals surface area contributed by atoms with Gasteiger partial charge in [0, 0.05) is 6.92 Å². The summed E-state index contributed by atoms with van der Waals surface area (Å²) < 4.78 is -0.232. The van der Waals surface area contributed by atoms with Crippen molar-refractivity contribution < 1.29 is 14.7 Å². The fraction of sp³-hybridized carbons (Fsp3) is 0.750. The molecule has 0 saturated carbocycles. The number of carboxylic acids is 1. The highest BCUT2D eigenvalue weighted by molar-refractivity contribution is 8.12. The predicted molar refractivity (Wildman–Crippen MR) is 50.3 cm³/mol. The second-order valence-corrected chi connectivity index (χ2v) is 6.40. The molecule has 0 radical (unpaired) electrons. The Morgan fingerprint density at radius 1 is 1.33 bits per heavy atom. The molecule has 0 aromatic rings. The van der Waals surface area contributed by atoms with Crippen LogP contribution >= 0.6 is 0 Å². The normalized spacial score (nSPS) is 14.0. The van der Waals surface area contributed by atoms with Gasteiger partial charge in [0.15, 0.2) is 0 Å². The van der Waals surface area contributed by atoms with Crippen molar-refractivity contribution in [1.29, 1.82) is 0 Å². The molecule has 1 unspecified atom stereocenters. The van der Waals surface area contributed by atoms with Crippen molar-refractivity contribution in [3.8, 4) is 0 Å². The van der Waals surface area contributed by atoms with Gasteiger partial charge in [0.25, 0.3) is 0 Å². The van der Waals surface area contributed by atoms with Crippen LogP contribution in [0.25, 0.3) is 0 Å². The molecule has 12 heavy (non-hydrogen) atoms. The molecule has 0 rings (SSSR count). The highest BCUT2D eigenvalue weighted by Crippen LogP contribution is 2.19. The minimum Gasteiger partial charge on any atom is -0.478 e. The van der Waals surface area contributed by atoms with Gasteiger partial charge in [-0.3, -0.25) is 0 Å². The molecule has 0 heterocycles. The van der Waals surface area contributed by atoms with Crippen molar-refractivity contribution in [3.63, 3.8) is 0 Å². The first-order valence-corrected chi connectivity index (χ1v) is 5.08. The zero-order valence-electron chi connectivity index (χ0n) is 7.88. The summed E-state index contributed by atoms with van der Waals surface area (Å²) in [5.74, 6) is -0.942. The lowest BCUT2D eigenvalue weighted by atomic mass is 10.3. The maximum absolute atomic E-state index is 11.1. The second-order valence-electron chi connectivity index (χ2n) is 3.53. The first-order chi connectivity index (χ1) is 5.25. The molecule has 4 heteroatoms. The largest absolute Gasteiger partial charge is 0.478 e. The van der Waals surface area contributed by atoms with Gasteiger partial charge in [-0.15, -0.1) is 0 Å². The molecule has 0 fully saturated rings. The lowest BCUT2D eigenvalue weighted by molar-refractivity contribution is -0.134. The minimum absolute atomic E-state index is 0.0232. The molecule has 1 N–H and O–H groups in total. The minimum atomic E-state index is -0.900. The van der Waals surface area contributed by atoms with Gasteiger partial charge in [0.1, 0.15) is 4.75 Å². The van der Waals surface area contributed by atoms with E-state index in [9.17, 15) is 9.59 Å². The van der Waals surface area contributed by atoms with Crippen LogP contribution in [-0.4, -0.2) is 26.7 Å². The molecule has 0 aliphatic carbocycles. The fourth-order valence-electron chi connectivity index (χ4n) is 0.873. The summed E-state index contributed by atoms with van der Waals surface area (Å²) in [6.45, 7) is 7.12. The maximum atomic E-state index is 11.1. The van der Waals surface area contributed by atoms with E-state index in [2.05, 4.69) is 0 Å². The smallest absolute Gasteiger partial charge is 0.354 e. The van der Waals surface area contributed by atoms with Gasteiger partial charge in [-0.1, -0.05) is 0 Å².